The molecular formula is C18H18N6OS. The number of thiophene rings is 1. The summed E-state index contributed by atoms with van der Waals surface area (Å²) in [5.74, 6) is 0.656. The second kappa shape index (κ2) is 6.54. The number of hydrogen-bond donors (Lipinski definition) is 0. The summed E-state index contributed by atoms with van der Waals surface area (Å²) in [7, 11) is 3.92. The van der Waals surface area contributed by atoms with Crippen LogP contribution in [0.25, 0.3) is 31.8 Å². The SMILES string of the molecule is Cc1nc(-c2ccccc2)nc2sc3c(=O)n(CCN(C)C)nnc3c12. The van der Waals surface area contributed by atoms with Gasteiger partial charge in [0.15, 0.2) is 5.82 Å². The monoisotopic (exact) mass is 366 g/mol. The number of fused-ring (bicyclic) bond motifs is 3. The van der Waals surface area contributed by atoms with Crippen LogP contribution in [0, 0.1) is 6.92 Å². The van der Waals surface area contributed by atoms with Gasteiger partial charge in [-0.05, 0) is 21.0 Å². The Hall–Kier alpha value is -2.71. The van der Waals surface area contributed by atoms with Crippen LogP contribution in [-0.2, 0) is 6.54 Å². The van der Waals surface area contributed by atoms with E-state index in [1.165, 1.54) is 16.0 Å². The molecular weight excluding hydrogens is 348 g/mol. The number of nitrogens with zero attached hydrogens (tertiary/aromatic N) is 6. The molecule has 4 aromatic rings. The second-order valence-electron chi connectivity index (χ2n) is 6.38. The van der Waals surface area contributed by atoms with E-state index >= 15 is 0 Å². The molecule has 4 rings (SSSR count). The Bertz CT molecular complexity index is 1150. The molecule has 0 atom stereocenters. The minimum atomic E-state index is -0.125. The lowest BCUT2D eigenvalue weighted by atomic mass is 10.2. The summed E-state index contributed by atoms with van der Waals surface area (Å²) in [6.07, 6.45) is 0. The summed E-state index contributed by atoms with van der Waals surface area (Å²) >= 11 is 1.36. The quantitative estimate of drug-likeness (QED) is 0.552. The largest absolute Gasteiger partial charge is 0.308 e. The summed E-state index contributed by atoms with van der Waals surface area (Å²) in [5.41, 5.74) is 2.22. The van der Waals surface area contributed by atoms with Crippen LogP contribution in [0.3, 0.4) is 0 Å². The Morgan fingerprint density at radius 1 is 1.15 bits per heavy atom. The summed E-state index contributed by atoms with van der Waals surface area (Å²) in [4.78, 5) is 24.8. The van der Waals surface area contributed by atoms with Crippen LogP contribution in [0.5, 0.6) is 0 Å². The minimum absolute atomic E-state index is 0.125. The van der Waals surface area contributed by atoms with Crippen LogP contribution >= 0.6 is 11.3 Å². The van der Waals surface area contributed by atoms with Crippen molar-refractivity contribution in [2.75, 3.05) is 20.6 Å². The Kier molecular flexibility index (Phi) is 4.21. The molecule has 0 unspecified atom stereocenters. The number of aryl methyl sites for hydroxylation is 1. The van der Waals surface area contributed by atoms with E-state index in [-0.39, 0.29) is 5.56 Å². The lowest BCUT2D eigenvalue weighted by molar-refractivity contribution is 0.364. The van der Waals surface area contributed by atoms with Gasteiger partial charge in [0.25, 0.3) is 5.56 Å². The Balaban J connectivity index is 1.89. The Morgan fingerprint density at radius 3 is 2.65 bits per heavy atom. The molecule has 0 fully saturated rings. The molecule has 0 aliphatic carbocycles. The van der Waals surface area contributed by atoms with Gasteiger partial charge in [0.05, 0.1) is 17.6 Å². The van der Waals surface area contributed by atoms with Crippen molar-refractivity contribution in [3.8, 4) is 11.4 Å². The molecule has 0 aliphatic heterocycles. The number of hydrogen-bond acceptors (Lipinski definition) is 7. The van der Waals surface area contributed by atoms with Crippen molar-refractivity contribution in [1.29, 1.82) is 0 Å². The first-order chi connectivity index (χ1) is 12.5. The highest BCUT2D eigenvalue weighted by Crippen LogP contribution is 2.32. The van der Waals surface area contributed by atoms with Crippen LogP contribution in [-0.4, -0.2) is 50.5 Å². The highest BCUT2D eigenvalue weighted by Gasteiger charge is 2.17. The van der Waals surface area contributed by atoms with E-state index in [9.17, 15) is 4.79 Å². The number of likely N-dealkylation sites (N-methyl/N-ethyl adjacent to an activating group) is 1. The van der Waals surface area contributed by atoms with Gasteiger partial charge >= 0.3 is 0 Å². The van der Waals surface area contributed by atoms with Gasteiger partial charge in [0, 0.05) is 12.1 Å². The molecule has 3 heterocycles. The summed E-state index contributed by atoms with van der Waals surface area (Å²) in [6, 6.07) is 9.82. The standard InChI is InChI=1S/C18H18N6OS/c1-11-13-14-15(18(25)24(22-21-14)10-9-23(2)3)26-17(13)20-16(19-11)12-7-5-4-6-8-12/h4-8H,9-10H2,1-3H3. The van der Waals surface area contributed by atoms with Crippen molar-refractivity contribution in [1.82, 2.24) is 29.9 Å². The molecule has 8 heteroatoms. The Morgan fingerprint density at radius 2 is 1.92 bits per heavy atom. The van der Waals surface area contributed by atoms with Crippen molar-refractivity contribution in [3.63, 3.8) is 0 Å². The Labute approximate surface area is 153 Å². The molecule has 0 radical (unpaired) electrons. The van der Waals surface area contributed by atoms with Crippen molar-refractivity contribution < 1.29 is 0 Å². The first-order valence-corrected chi connectivity index (χ1v) is 9.11. The van der Waals surface area contributed by atoms with E-state index in [1.54, 1.807) is 0 Å². The van der Waals surface area contributed by atoms with E-state index in [4.69, 9.17) is 0 Å². The van der Waals surface area contributed by atoms with E-state index < -0.39 is 0 Å². The average Bonchev–Trinajstić information content (AvgIpc) is 3.02. The first kappa shape index (κ1) is 16.7. The zero-order valence-electron chi connectivity index (χ0n) is 14.8. The van der Waals surface area contributed by atoms with Gasteiger partial charge in [0.2, 0.25) is 0 Å². The molecule has 132 valence electrons. The highest BCUT2D eigenvalue weighted by atomic mass is 32.1. The maximum Gasteiger partial charge on any atom is 0.287 e. The van der Waals surface area contributed by atoms with E-state index in [0.717, 1.165) is 28.0 Å². The highest BCUT2D eigenvalue weighted by molar-refractivity contribution is 7.25. The molecule has 26 heavy (non-hydrogen) atoms. The molecule has 0 aliphatic rings. The van der Waals surface area contributed by atoms with E-state index in [1.807, 2.05) is 56.3 Å². The average molecular weight is 366 g/mol. The van der Waals surface area contributed by atoms with Gasteiger partial charge in [-0.1, -0.05) is 35.5 Å². The van der Waals surface area contributed by atoms with Crippen molar-refractivity contribution >= 4 is 31.8 Å². The second-order valence-corrected chi connectivity index (χ2v) is 7.38. The third kappa shape index (κ3) is 2.87. The van der Waals surface area contributed by atoms with Gasteiger partial charge in [-0.25, -0.2) is 14.6 Å². The van der Waals surface area contributed by atoms with E-state index in [2.05, 4.69) is 20.3 Å². The van der Waals surface area contributed by atoms with Crippen LogP contribution < -0.4 is 5.56 Å². The lowest BCUT2D eigenvalue weighted by Gasteiger charge is -2.09. The van der Waals surface area contributed by atoms with Crippen LogP contribution in [0.4, 0.5) is 0 Å². The maximum atomic E-state index is 12.8. The molecule has 0 N–H and O–H groups in total. The third-order valence-electron chi connectivity index (χ3n) is 4.18. The topological polar surface area (TPSA) is 76.8 Å². The van der Waals surface area contributed by atoms with Crippen LogP contribution in [0.15, 0.2) is 35.1 Å². The predicted molar refractivity (Wildman–Crippen MR) is 103 cm³/mol. The smallest absolute Gasteiger partial charge is 0.287 e. The maximum absolute atomic E-state index is 12.8. The zero-order chi connectivity index (χ0) is 18.3. The minimum Gasteiger partial charge on any atom is -0.308 e. The summed E-state index contributed by atoms with van der Waals surface area (Å²) in [6.45, 7) is 3.15. The third-order valence-corrected chi connectivity index (χ3v) is 5.24. The predicted octanol–water partition coefficient (Wildman–Crippen LogP) is 2.33. The van der Waals surface area contributed by atoms with Gasteiger partial charge in [-0.15, -0.1) is 16.4 Å². The molecule has 0 amide bonds. The lowest BCUT2D eigenvalue weighted by Crippen LogP contribution is -2.28. The molecule has 7 nitrogen and oxygen atoms in total. The molecule has 1 aromatic carbocycles. The molecule has 3 aromatic heterocycles. The molecule has 0 saturated carbocycles. The molecule has 0 saturated heterocycles. The summed E-state index contributed by atoms with van der Waals surface area (Å²) < 4.78 is 2.00. The molecule has 0 bridgehead atoms. The number of rotatable bonds is 4. The van der Waals surface area contributed by atoms with Crippen LogP contribution in [0.2, 0.25) is 0 Å². The van der Waals surface area contributed by atoms with Crippen molar-refractivity contribution in [2.24, 2.45) is 0 Å². The van der Waals surface area contributed by atoms with Crippen LogP contribution in [0.1, 0.15) is 5.69 Å². The normalized spacial score (nSPS) is 11.7. The van der Waals surface area contributed by atoms with E-state index in [0.29, 0.717) is 22.6 Å². The first-order valence-electron chi connectivity index (χ1n) is 8.29. The van der Waals surface area contributed by atoms with Crippen molar-refractivity contribution in [2.45, 2.75) is 13.5 Å². The van der Waals surface area contributed by atoms with Gasteiger partial charge in [-0.2, -0.15) is 0 Å². The van der Waals surface area contributed by atoms with Gasteiger partial charge in [-0.3, -0.25) is 4.79 Å². The summed E-state index contributed by atoms with van der Waals surface area (Å²) in [5, 5.41) is 9.21. The number of aromatic nitrogens is 5. The van der Waals surface area contributed by atoms with Gasteiger partial charge in [0.1, 0.15) is 15.0 Å². The molecule has 0 spiro atoms. The fourth-order valence-electron chi connectivity index (χ4n) is 2.81. The van der Waals surface area contributed by atoms with Gasteiger partial charge < -0.3 is 4.90 Å². The zero-order valence-corrected chi connectivity index (χ0v) is 15.6. The number of benzene rings is 1. The van der Waals surface area contributed by atoms with Crippen molar-refractivity contribution in [3.05, 3.63) is 46.4 Å². The fourth-order valence-corrected chi connectivity index (χ4v) is 3.91. The fraction of sp³-hybridized carbons (Fsp3) is 0.278.